The van der Waals surface area contributed by atoms with Crippen LogP contribution >= 0.6 is 23.2 Å². The molecule has 0 aliphatic heterocycles. The molecule has 0 aromatic carbocycles. The maximum absolute atomic E-state index is 11.7. The standard InChI is InChI=1S/C10H12Cl2N2O/c1-10(2,3)14-9(15)7-4-6(11)5-13-8(7)12/h4-5H,1-3H3,(H,14,15). The van der Waals surface area contributed by atoms with E-state index in [2.05, 4.69) is 10.3 Å². The number of amides is 1. The highest BCUT2D eigenvalue weighted by Crippen LogP contribution is 2.18. The van der Waals surface area contributed by atoms with Gasteiger partial charge in [-0.15, -0.1) is 0 Å². The molecule has 1 aromatic heterocycles. The highest BCUT2D eigenvalue weighted by Gasteiger charge is 2.18. The maximum atomic E-state index is 11.7. The molecule has 1 aromatic rings. The van der Waals surface area contributed by atoms with Crippen LogP contribution in [0.5, 0.6) is 0 Å². The number of halogens is 2. The minimum atomic E-state index is -0.317. The summed E-state index contributed by atoms with van der Waals surface area (Å²) in [6.07, 6.45) is 1.40. The molecule has 0 spiro atoms. The van der Waals surface area contributed by atoms with Gasteiger partial charge in [0.15, 0.2) is 0 Å². The molecule has 1 rings (SSSR count). The Kier molecular flexibility index (Phi) is 3.58. The van der Waals surface area contributed by atoms with Gasteiger partial charge < -0.3 is 5.32 Å². The van der Waals surface area contributed by atoms with Gasteiger partial charge >= 0.3 is 0 Å². The van der Waals surface area contributed by atoms with Crippen LogP contribution in [0.15, 0.2) is 12.3 Å². The average Bonchev–Trinajstić information content (AvgIpc) is 2.06. The van der Waals surface area contributed by atoms with Crippen LogP contribution in [0.25, 0.3) is 0 Å². The molecule has 0 unspecified atom stereocenters. The second-order valence-electron chi connectivity index (χ2n) is 4.20. The predicted octanol–water partition coefficient (Wildman–Crippen LogP) is 2.92. The minimum absolute atomic E-state index is 0.154. The number of hydrogen-bond acceptors (Lipinski definition) is 2. The topological polar surface area (TPSA) is 42.0 Å². The number of pyridine rings is 1. The molecule has 0 saturated heterocycles. The Morgan fingerprint density at radius 1 is 1.40 bits per heavy atom. The SMILES string of the molecule is CC(C)(C)NC(=O)c1cc(Cl)cnc1Cl. The van der Waals surface area contributed by atoms with E-state index in [1.54, 1.807) is 0 Å². The number of nitrogens with one attached hydrogen (secondary N) is 1. The summed E-state index contributed by atoms with van der Waals surface area (Å²) in [6.45, 7) is 5.66. The summed E-state index contributed by atoms with van der Waals surface area (Å²) in [4.78, 5) is 15.5. The van der Waals surface area contributed by atoms with E-state index in [0.29, 0.717) is 10.6 Å². The summed E-state index contributed by atoms with van der Waals surface area (Å²) in [5.74, 6) is -0.275. The first-order chi connectivity index (χ1) is 6.79. The zero-order valence-electron chi connectivity index (χ0n) is 8.77. The molecular weight excluding hydrogens is 235 g/mol. The number of carbonyl (C=O) groups excluding carboxylic acids is 1. The monoisotopic (exact) mass is 246 g/mol. The van der Waals surface area contributed by atoms with E-state index in [4.69, 9.17) is 23.2 Å². The van der Waals surface area contributed by atoms with Gasteiger partial charge in [0, 0.05) is 11.7 Å². The summed E-state index contributed by atoms with van der Waals surface area (Å²) in [5.41, 5.74) is -0.0259. The van der Waals surface area contributed by atoms with E-state index in [9.17, 15) is 4.79 Å². The minimum Gasteiger partial charge on any atom is -0.347 e. The highest BCUT2D eigenvalue weighted by atomic mass is 35.5. The normalized spacial score (nSPS) is 11.3. The van der Waals surface area contributed by atoms with E-state index < -0.39 is 0 Å². The second-order valence-corrected chi connectivity index (χ2v) is 4.99. The first-order valence-electron chi connectivity index (χ1n) is 4.43. The van der Waals surface area contributed by atoms with E-state index in [1.807, 2.05) is 20.8 Å². The van der Waals surface area contributed by atoms with Crippen molar-refractivity contribution in [2.24, 2.45) is 0 Å². The van der Waals surface area contributed by atoms with Crippen LogP contribution in [0.3, 0.4) is 0 Å². The molecule has 0 saturated carbocycles. The van der Waals surface area contributed by atoms with Gasteiger partial charge in [-0.05, 0) is 26.8 Å². The molecule has 5 heteroatoms. The Balaban J connectivity index is 2.96. The molecule has 3 nitrogen and oxygen atoms in total. The van der Waals surface area contributed by atoms with Crippen LogP contribution in [0.1, 0.15) is 31.1 Å². The fourth-order valence-corrected chi connectivity index (χ4v) is 1.34. The lowest BCUT2D eigenvalue weighted by Crippen LogP contribution is -2.40. The van der Waals surface area contributed by atoms with Gasteiger partial charge in [0.2, 0.25) is 0 Å². The van der Waals surface area contributed by atoms with Gasteiger partial charge in [0.05, 0.1) is 10.6 Å². The molecule has 15 heavy (non-hydrogen) atoms. The van der Waals surface area contributed by atoms with Crippen LogP contribution < -0.4 is 5.32 Å². The van der Waals surface area contributed by atoms with Gasteiger partial charge in [-0.3, -0.25) is 4.79 Å². The van der Waals surface area contributed by atoms with Crippen molar-refractivity contribution in [2.75, 3.05) is 0 Å². The van der Waals surface area contributed by atoms with E-state index in [0.717, 1.165) is 0 Å². The van der Waals surface area contributed by atoms with Gasteiger partial charge in [-0.1, -0.05) is 23.2 Å². The van der Waals surface area contributed by atoms with Crippen molar-refractivity contribution in [3.63, 3.8) is 0 Å². The third kappa shape index (κ3) is 3.68. The molecule has 0 atom stereocenters. The van der Waals surface area contributed by atoms with E-state index in [1.165, 1.54) is 12.3 Å². The van der Waals surface area contributed by atoms with Crippen molar-refractivity contribution in [2.45, 2.75) is 26.3 Å². The Labute approximate surface area is 98.8 Å². The van der Waals surface area contributed by atoms with Gasteiger partial charge in [0.1, 0.15) is 5.15 Å². The van der Waals surface area contributed by atoms with Crippen LogP contribution in [-0.4, -0.2) is 16.4 Å². The summed E-state index contributed by atoms with van der Waals surface area (Å²) >= 11 is 11.5. The summed E-state index contributed by atoms with van der Waals surface area (Å²) in [7, 11) is 0. The van der Waals surface area contributed by atoms with Crippen molar-refractivity contribution < 1.29 is 4.79 Å². The zero-order chi connectivity index (χ0) is 11.6. The van der Waals surface area contributed by atoms with Crippen molar-refractivity contribution in [1.82, 2.24) is 10.3 Å². The number of rotatable bonds is 1. The summed E-state index contributed by atoms with van der Waals surface area (Å²) in [6, 6.07) is 1.50. The summed E-state index contributed by atoms with van der Waals surface area (Å²) < 4.78 is 0. The van der Waals surface area contributed by atoms with Gasteiger partial charge in [0.25, 0.3) is 5.91 Å². The third-order valence-electron chi connectivity index (χ3n) is 1.54. The van der Waals surface area contributed by atoms with Crippen LogP contribution in [0, 0.1) is 0 Å². The molecule has 82 valence electrons. The molecule has 0 aliphatic carbocycles. The third-order valence-corrected chi connectivity index (χ3v) is 2.05. The van der Waals surface area contributed by atoms with Crippen molar-refractivity contribution >= 4 is 29.1 Å². The van der Waals surface area contributed by atoms with Crippen molar-refractivity contribution in [1.29, 1.82) is 0 Å². The second kappa shape index (κ2) is 4.37. The molecule has 1 heterocycles. The average molecular weight is 247 g/mol. The fourth-order valence-electron chi connectivity index (χ4n) is 0.990. The lowest BCUT2D eigenvalue weighted by atomic mass is 10.1. The van der Waals surface area contributed by atoms with Gasteiger partial charge in [-0.2, -0.15) is 0 Å². The Bertz CT molecular complexity index is 385. The number of aromatic nitrogens is 1. The molecule has 0 bridgehead atoms. The van der Waals surface area contributed by atoms with Crippen molar-refractivity contribution in [3.05, 3.63) is 28.0 Å². The van der Waals surface area contributed by atoms with Crippen molar-refractivity contribution in [3.8, 4) is 0 Å². The molecule has 1 N–H and O–H groups in total. The first kappa shape index (κ1) is 12.3. The predicted molar refractivity (Wildman–Crippen MR) is 61.5 cm³/mol. The first-order valence-corrected chi connectivity index (χ1v) is 5.19. The van der Waals surface area contributed by atoms with Crippen LogP contribution in [0.4, 0.5) is 0 Å². The molecule has 0 aliphatic rings. The Morgan fingerprint density at radius 2 is 2.00 bits per heavy atom. The smallest absolute Gasteiger partial charge is 0.254 e. The Morgan fingerprint density at radius 3 is 2.53 bits per heavy atom. The Hall–Kier alpha value is -0.800. The molecular formula is C10H12Cl2N2O. The molecule has 0 fully saturated rings. The fraction of sp³-hybridized carbons (Fsp3) is 0.400. The molecule has 1 amide bonds. The largest absolute Gasteiger partial charge is 0.347 e. The maximum Gasteiger partial charge on any atom is 0.254 e. The van der Waals surface area contributed by atoms with E-state index >= 15 is 0 Å². The number of hydrogen-bond donors (Lipinski definition) is 1. The lowest BCUT2D eigenvalue weighted by molar-refractivity contribution is 0.0919. The number of nitrogens with zero attached hydrogens (tertiary/aromatic N) is 1. The van der Waals surface area contributed by atoms with Gasteiger partial charge in [-0.25, -0.2) is 4.98 Å². The lowest BCUT2D eigenvalue weighted by Gasteiger charge is -2.20. The summed E-state index contributed by atoms with van der Waals surface area (Å²) in [5, 5.41) is 3.32. The van der Waals surface area contributed by atoms with Crippen LogP contribution in [0.2, 0.25) is 10.2 Å². The quantitative estimate of drug-likeness (QED) is 0.775. The zero-order valence-corrected chi connectivity index (χ0v) is 10.3. The molecule has 0 radical (unpaired) electrons. The van der Waals surface area contributed by atoms with E-state index in [-0.39, 0.29) is 16.6 Å². The highest BCUT2D eigenvalue weighted by molar-refractivity contribution is 6.34. The number of carbonyl (C=O) groups is 1. The van der Waals surface area contributed by atoms with Crippen LogP contribution in [-0.2, 0) is 0 Å².